The van der Waals surface area contributed by atoms with Crippen molar-refractivity contribution >= 4 is 23.2 Å². The third-order valence-corrected chi connectivity index (χ3v) is 3.44. The summed E-state index contributed by atoms with van der Waals surface area (Å²) in [5.41, 5.74) is 1.21. The highest BCUT2D eigenvalue weighted by Gasteiger charge is 2.13. The number of H-pyrrole nitrogens is 1. The van der Waals surface area contributed by atoms with Crippen LogP contribution in [0.5, 0.6) is 0 Å². The molecule has 0 aliphatic rings. The SMILES string of the molecule is N#Cc1c(-c2ccc(Cl)cc2)nc(Nc2ccccc2)[nH]c1=O. The van der Waals surface area contributed by atoms with Crippen molar-refractivity contribution in [3.63, 3.8) is 0 Å². The Bertz CT molecular complexity index is 928. The van der Waals surface area contributed by atoms with Gasteiger partial charge in [-0.3, -0.25) is 9.78 Å². The number of halogens is 1. The van der Waals surface area contributed by atoms with Gasteiger partial charge in [0.1, 0.15) is 11.6 Å². The molecule has 1 aromatic heterocycles. The smallest absolute Gasteiger partial charge is 0.270 e. The van der Waals surface area contributed by atoms with Crippen LogP contribution in [-0.2, 0) is 0 Å². The number of nitrogens with one attached hydrogen (secondary N) is 2. The van der Waals surface area contributed by atoms with Gasteiger partial charge in [0, 0.05) is 16.3 Å². The summed E-state index contributed by atoms with van der Waals surface area (Å²) in [6.45, 7) is 0. The van der Waals surface area contributed by atoms with Crippen molar-refractivity contribution in [1.82, 2.24) is 9.97 Å². The second kappa shape index (κ2) is 6.34. The van der Waals surface area contributed by atoms with Crippen LogP contribution in [0.2, 0.25) is 5.02 Å². The molecule has 5 nitrogen and oxygen atoms in total. The van der Waals surface area contributed by atoms with Crippen LogP contribution in [-0.4, -0.2) is 9.97 Å². The van der Waals surface area contributed by atoms with Crippen LogP contribution in [0.15, 0.2) is 59.4 Å². The van der Waals surface area contributed by atoms with Gasteiger partial charge in [-0.25, -0.2) is 4.98 Å². The highest BCUT2D eigenvalue weighted by Crippen LogP contribution is 2.23. The average Bonchev–Trinajstić information content (AvgIpc) is 2.56. The molecule has 2 aromatic carbocycles. The Morgan fingerprint density at radius 3 is 2.43 bits per heavy atom. The zero-order valence-electron chi connectivity index (χ0n) is 11.9. The molecule has 0 aliphatic carbocycles. The Kier molecular flexibility index (Phi) is 4.09. The standard InChI is InChI=1S/C17H11ClN4O/c18-12-8-6-11(7-9-12)15-14(10-19)16(23)22-17(21-15)20-13-4-2-1-3-5-13/h1-9H,(H2,20,21,22,23). The Morgan fingerprint density at radius 2 is 1.78 bits per heavy atom. The maximum absolute atomic E-state index is 12.1. The summed E-state index contributed by atoms with van der Waals surface area (Å²) in [5.74, 6) is 0.269. The molecule has 0 radical (unpaired) electrons. The van der Waals surface area contributed by atoms with Gasteiger partial charge in [0.15, 0.2) is 0 Å². The van der Waals surface area contributed by atoms with E-state index in [-0.39, 0.29) is 11.5 Å². The summed E-state index contributed by atoms with van der Waals surface area (Å²) in [7, 11) is 0. The lowest BCUT2D eigenvalue weighted by Gasteiger charge is -2.08. The zero-order chi connectivity index (χ0) is 16.2. The van der Waals surface area contributed by atoms with E-state index < -0.39 is 5.56 Å². The van der Waals surface area contributed by atoms with E-state index in [0.717, 1.165) is 5.69 Å². The maximum atomic E-state index is 12.1. The minimum absolute atomic E-state index is 0.0362. The lowest BCUT2D eigenvalue weighted by molar-refractivity contribution is 1.11. The molecule has 1 heterocycles. The second-order valence-electron chi connectivity index (χ2n) is 4.75. The lowest BCUT2D eigenvalue weighted by Crippen LogP contribution is -2.16. The molecule has 3 aromatic rings. The van der Waals surface area contributed by atoms with Gasteiger partial charge in [0.05, 0.1) is 5.69 Å². The summed E-state index contributed by atoms with van der Waals surface area (Å²) >= 11 is 5.88. The van der Waals surface area contributed by atoms with Crippen LogP contribution >= 0.6 is 11.6 Å². The largest absolute Gasteiger partial charge is 0.326 e. The number of para-hydroxylation sites is 1. The molecule has 2 N–H and O–H groups in total. The van der Waals surface area contributed by atoms with E-state index in [1.165, 1.54) is 0 Å². The lowest BCUT2D eigenvalue weighted by atomic mass is 10.1. The van der Waals surface area contributed by atoms with E-state index in [9.17, 15) is 10.1 Å². The molecule has 0 spiro atoms. The fraction of sp³-hybridized carbons (Fsp3) is 0. The van der Waals surface area contributed by atoms with E-state index in [1.54, 1.807) is 24.3 Å². The van der Waals surface area contributed by atoms with Crippen molar-refractivity contribution in [2.45, 2.75) is 0 Å². The fourth-order valence-corrected chi connectivity index (χ4v) is 2.24. The highest BCUT2D eigenvalue weighted by molar-refractivity contribution is 6.30. The normalized spacial score (nSPS) is 10.1. The summed E-state index contributed by atoms with van der Waals surface area (Å²) in [4.78, 5) is 19.1. The van der Waals surface area contributed by atoms with Gasteiger partial charge in [-0.05, 0) is 24.3 Å². The first-order valence-electron chi connectivity index (χ1n) is 6.80. The van der Waals surface area contributed by atoms with E-state index in [1.807, 2.05) is 36.4 Å². The molecule has 0 atom stereocenters. The molecule has 0 fully saturated rings. The molecule has 0 unspecified atom stereocenters. The maximum Gasteiger partial charge on any atom is 0.270 e. The molecule has 0 saturated carbocycles. The topological polar surface area (TPSA) is 81.6 Å². The molecule has 23 heavy (non-hydrogen) atoms. The fourth-order valence-electron chi connectivity index (χ4n) is 2.11. The Morgan fingerprint density at radius 1 is 1.09 bits per heavy atom. The van der Waals surface area contributed by atoms with Crippen molar-refractivity contribution in [1.29, 1.82) is 5.26 Å². The summed E-state index contributed by atoms with van der Waals surface area (Å²) in [5, 5.41) is 12.8. The van der Waals surface area contributed by atoms with Crippen molar-refractivity contribution in [3.05, 3.63) is 75.5 Å². The molecule has 3 rings (SSSR count). The van der Waals surface area contributed by atoms with Gasteiger partial charge in [-0.1, -0.05) is 41.9 Å². The predicted molar refractivity (Wildman–Crippen MR) is 89.7 cm³/mol. The monoisotopic (exact) mass is 322 g/mol. The van der Waals surface area contributed by atoms with Crippen LogP contribution in [0.1, 0.15) is 5.56 Å². The Labute approximate surface area is 137 Å². The minimum atomic E-state index is -0.495. The van der Waals surface area contributed by atoms with E-state index in [2.05, 4.69) is 15.3 Å². The number of aromatic nitrogens is 2. The first-order chi connectivity index (χ1) is 11.2. The number of hydrogen-bond donors (Lipinski definition) is 2. The number of aromatic amines is 1. The zero-order valence-corrected chi connectivity index (χ0v) is 12.6. The number of hydrogen-bond acceptors (Lipinski definition) is 4. The van der Waals surface area contributed by atoms with E-state index in [0.29, 0.717) is 16.3 Å². The molecular weight excluding hydrogens is 312 g/mol. The van der Waals surface area contributed by atoms with Gasteiger partial charge < -0.3 is 5.32 Å². The van der Waals surface area contributed by atoms with Crippen molar-refractivity contribution < 1.29 is 0 Å². The van der Waals surface area contributed by atoms with Crippen LogP contribution < -0.4 is 10.9 Å². The first-order valence-corrected chi connectivity index (χ1v) is 7.17. The van der Waals surface area contributed by atoms with Gasteiger partial charge in [-0.15, -0.1) is 0 Å². The molecule has 6 heteroatoms. The van der Waals surface area contributed by atoms with Crippen LogP contribution in [0.4, 0.5) is 11.6 Å². The van der Waals surface area contributed by atoms with E-state index >= 15 is 0 Å². The predicted octanol–water partition coefficient (Wildman–Crippen LogP) is 3.71. The van der Waals surface area contributed by atoms with Crippen molar-refractivity contribution in [3.8, 4) is 17.3 Å². The van der Waals surface area contributed by atoms with E-state index in [4.69, 9.17) is 11.6 Å². The van der Waals surface area contributed by atoms with Crippen molar-refractivity contribution in [2.75, 3.05) is 5.32 Å². The highest BCUT2D eigenvalue weighted by atomic mass is 35.5. The Balaban J connectivity index is 2.09. The molecule has 0 saturated heterocycles. The summed E-state index contributed by atoms with van der Waals surface area (Å²) in [6.07, 6.45) is 0. The summed E-state index contributed by atoms with van der Waals surface area (Å²) < 4.78 is 0. The summed E-state index contributed by atoms with van der Waals surface area (Å²) in [6, 6.07) is 18.0. The number of anilines is 2. The van der Waals surface area contributed by atoms with Crippen LogP contribution in [0.25, 0.3) is 11.3 Å². The van der Waals surface area contributed by atoms with Gasteiger partial charge in [-0.2, -0.15) is 5.26 Å². The average molecular weight is 323 g/mol. The number of rotatable bonds is 3. The quantitative estimate of drug-likeness (QED) is 0.770. The number of nitriles is 1. The molecule has 0 amide bonds. The van der Waals surface area contributed by atoms with Gasteiger partial charge in [0.2, 0.25) is 5.95 Å². The third-order valence-electron chi connectivity index (χ3n) is 3.19. The number of nitrogens with zero attached hydrogens (tertiary/aromatic N) is 2. The van der Waals surface area contributed by atoms with Gasteiger partial charge >= 0.3 is 0 Å². The van der Waals surface area contributed by atoms with Gasteiger partial charge in [0.25, 0.3) is 5.56 Å². The van der Waals surface area contributed by atoms with Crippen LogP contribution in [0, 0.1) is 11.3 Å². The van der Waals surface area contributed by atoms with Crippen molar-refractivity contribution in [2.24, 2.45) is 0 Å². The molecule has 112 valence electrons. The second-order valence-corrected chi connectivity index (χ2v) is 5.18. The molecular formula is C17H11ClN4O. The number of benzene rings is 2. The minimum Gasteiger partial charge on any atom is -0.326 e. The first kappa shape index (κ1) is 14.8. The Hall–Kier alpha value is -3.10. The molecule has 0 bridgehead atoms. The molecule has 0 aliphatic heterocycles. The van der Waals surface area contributed by atoms with Crippen LogP contribution in [0.3, 0.4) is 0 Å². The third kappa shape index (κ3) is 3.23.